The fourth-order valence-corrected chi connectivity index (χ4v) is 1.58. The number of para-hydroxylation sites is 2. The smallest absolute Gasteiger partial charge is 0.425 e. The van der Waals surface area contributed by atoms with E-state index in [-0.39, 0.29) is 25.0 Å². The zero-order chi connectivity index (χ0) is 17.5. The predicted octanol–water partition coefficient (Wildman–Crippen LogP) is 3.26. The Morgan fingerprint density at radius 3 is 2.22 bits per heavy atom. The summed E-state index contributed by atoms with van der Waals surface area (Å²) in [6.07, 6.45) is -7.18. The topological polar surface area (TPSA) is 61.8 Å². The zero-order valence-corrected chi connectivity index (χ0v) is 12.7. The largest absolute Gasteiger partial charge is 0.493 e. The summed E-state index contributed by atoms with van der Waals surface area (Å²) < 4.78 is 50.9. The number of carbonyl (C=O) groups is 2. The van der Waals surface area contributed by atoms with Crippen LogP contribution in [0.4, 0.5) is 13.2 Å². The van der Waals surface area contributed by atoms with Gasteiger partial charge in [-0.25, -0.2) is 0 Å². The summed E-state index contributed by atoms with van der Waals surface area (Å²) in [5, 5.41) is 0. The maximum atomic E-state index is 12.2. The van der Waals surface area contributed by atoms with Crippen molar-refractivity contribution < 1.29 is 37.0 Å². The van der Waals surface area contributed by atoms with Crippen LogP contribution in [0, 0.1) is 0 Å². The van der Waals surface area contributed by atoms with Crippen LogP contribution < -0.4 is 9.47 Å². The lowest BCUT2D eigenvalue weighted by Crippen LogP contribution is -2.30. The minimum atomic E-state index is -4.60. The SMILES string of the molecule is COc1ccccc1OC(=O)CCCC(=O)OC(C)C(F)(F)F. The maximum absolute atomic E-state index is 12.2. The lowest BCUT2D eigenvalue weighted by atomic mass is 10.2. The molecule has 23 heavy (non-hydrogen) atoms. The first-order valence-corrected chi connectivity index (χ1v) is 6.84. The van der Waals surface area contributed by atoms with Gasteiger partial charge in [0.1, 0.15) is 0 Å². The average Bonchev–Trinajstić information content (AvgIpc) is 2.46. The molecule has 0 aromatic heterocycles. The second kappa shape index (κ2) is 8.40. The van der Waals surface area contributed by atoms with E-state index < -0.39 is 24.2 Å². The molecule has 0 bridgehead atoms. The highest BCUT2D eigenvalue weighted by molar-refractivity contribution is 5.75. The fourth-order valence-electron chi connectivity index (χ4n) is 1.58. The van der Waals surface area contributed by atoms with Gasteiger partial charge in [-0.3, -0.25) is 9.59 Å². The maximum Gasteiger partial charge on any atom is 0.425 e. The van der Waals surface area contributed by atoms with Crippen molar-refractivity contribution in [3.05, 3.63) is 24.3 Å². The third-order valence-electron chi connectivity index (χ3n) is 2.82. The Morgan fingerprint density at radius 1 is 1.09 bits per heavy atom. The molecule has 0 saturated heterocycles. The highest BCUT2D eigenvalue weighted by Gasteiger charge is 2.38. The Kier molecular flexibility index (Phi) is 6.87. The number of halogens is 3. The van der Waals surface area contributed by atoms with E-state index >= 15 is 0 Å². The number of carbonyl (C=O) groups excluding carboxylic acids is 2. The van der Waals surface area contributed by atoms with Crippen LogP contribution in [0.1, 0.15) is 26.2 Å². The molecular formula is C15H17F3O5. The van der Waals surface area contributed by atoms with Crippen LogP contribution in [0.3, 0.4) is 0 Å². The number of methoxy groups -OCH3 is 1. The van der Waals surface area contributed by atoms with Crippen molar-refractivity contribution >= 4 is 11.9 Å². The number of hydrogen-bond acceptors (Lipinski definition) is 5. The normalized spacial score (nSPS) is 12.4. The lowest BCUT2D eigenvalue weighted by Gasteiger charge is -2.16. The number of benzene rings is 1. The van der Waals surface area contributed by atoms with Crippen molar-refractivity contribution in [3.63, 3.8) is 0 Å². The van der Waals surface area contributed by atoms with Crippen LogP contribution >= 0.6 is 0 Å². The van der Waals surface area contributed by atoms with Crippen molar-refractivity contribution in [2.24, 2.45) is 0 Å². The summed E-state index contributed by atoms with van der Waals surface area (Å²) in [7, 11) is 1.42. The number of esters is 2. The molecule has 0 amide bonds. The van der Waals surface area contributed by atoms with E-state index in [0.717, 1.165) is 6.92 Å². The zero-order valence-electron chi connectivity index (χ0n) is 12.7. The third kappa shape index (κ3) is 6.58. The molecule has 1 aromatic rings. The minimum absolute atomic E-state index is 0.0252. The Balaban J connectivity index is 2.35. The molecule has 0 radical (unpaired) electrons. The number of alkyl halides is 3. The van der Waals surface area contributed by atoms with E-state index in [1.165, 1.54) is 13.2 Å². The first-order valence-electron chi connectivity index (χ1n) is 6.84. The summed E-state index contributed by atoms with van der Waals surface area (Å²) in [5.41, 5.74) is 0. The molecule has 1 aromatic carbocycles. The molecule has 0 fully saturated rings. The summed E-state index contributed by atoms with van der Waals surface area (Å²) >= 11 is 0. The van der Waals surface area contributed by atoms with Gasteiger partial charge in [0.05, 0.1) is 7.11 Å². The second-order valence-electron chi connectivity index (χ2n) is 4.65. The van der Waals surface area contributed by atoms with Gasteiger partial charge in [-0.05, 0) is 25.5 Å². The standard InChI is InChI=1S/C15H17F3O5/c1-10(15(16,17)18)22-13(19)8-5-9-14(20)23-12-7-4-3-6-11(12)21-2/h3-4,6-7,10H,5,8-9H2,1-2H3. The Bertz CT molecular complexity index is 542. The van der Waals surface area contributed by atoms with Crippen LogP contribution in [0.15, 0.2) is 24.3 Å². The van der Waals surface area contributed by atoms with Gasteiger partial charge >= 0.3 is 18.1 Å². The predicted molar refractivity (Wildman–Crippen MR) is 74.1 cm³/mol. The summed E-state index contributed by atoms with van der Waals surface area (Å²) in [6, 6.07) is 6.50. The van der Waals surface area contributed by atoms with E-state index in [1.54, 1.807) is 18.2 Å². The second-order valence-corrected chi connectivity index (χ2v) is 4.65. The summed E-state index contributed by atoms with van der Waals surface area (Å²) in [5.74, 6) is -1.03. The van der Waals surface area contributed by atoms with Gasteiger partial charge in [-0.15, -0.1) is 0 Å². The van der Waals surface area contributed by atoms with Gasteiger partial charge in [0.25, 0.3) is 0 Å². The van der Waals surface area contributed by atoms with Crippen molar-refractivity contribution in [2.75, 3.05) is 7.11 Å². The monoisotopic (exact) mass is 334 g/mol. The van der Waals surface area contributed by atoms with Gasteiger partial charge in [0, 0.05) is 12.8 Å². The molecule has 0 aliphatic rings. The highest BCUT2D eigenvalue weighted by Crippen LogP contribution is 2.26. The number of ether oxygens (including phenoxy) is 3. The molecule has 0 heterocycles. The van der Waals surface area contributed by atoms with Crippen LogP contribution in [-0.2, 0) is 14.3 Å². The molecule has 1 atom stereocenters. The molecule has 5 nitrogen and oxygen atoms in total. The van der Waals surface area contributed by atoms with Crippen molar-refractivity contribution in [3.8, 4) is 11.5 Å². The van der Waals surface area contributed by atoms with Crippen LogP contribution in [-0.4, -0.2) is 31.3 Å². The van der Waals surface area contributed by atoms with Crippen molar-refractivity contribution in [1.29, 1.82) is 0 Å². The molecule has 128 valence electrons. The van der Waals surface area contributed by atoms with Crippen molar-refractivity contribution in [2.45, 2.75) is 38.5 Å². The Hall–Kier alpha value is -2.25. The van der Waals surface area contributed by atoms with Gasteiger partial charge in [-0.2, -0.15) is 13.2 Å². The van der Waals surface area contributed by atoms with Crippen LogP contribution in [0.2, 0.25) is 0 Å². The van der Waals surface area contributed by atoms with Gasteiger partial charge in [0.15, 0.2) is 17.6 Å². The summed E-state index contributed by atoms with van der Waals surface area (Å²) in [4.78, 5) is 22.9. The molecular weight excluding hydrogens is 317 g/mol. The van der Waals surface area contributed by atoms with E-state index in [1.807, 2.05) is 0 Å². The Morgan fingerprint density at radius 2 is 1.65 bits per heavy atom. The first kappa shape index (κ1) is 18.8. The van der Waals surface area contributed by atoms with Crippen molar-refractivity contribution in [1.82, 2.24) is 0 Å². The summed E-state index contributed by atoms with van der Waals surface area (Å²) in [6.45, 7) is 0.744. The fraction of sp³-hybridized carbons (Fsp3) is 0.467. The molecule has 0 aliphatic carbocycles. The first-order chi connectivity index (χ1) is 10.7. The number of hydrogen-bond donors (Lipinski definition) is 0. The quantitative estimate of drug-likeness (QED) is 0.566. The Labute approximate surface area is 131 Å². The average molecular weight is 334 g/mol. The van der Waals surface area contributed by atoms with E-state index in [4.69, 9.17) is 9.47 Å². The van der Waals surface area contributed by atoms with Gasteiger partial charge in [0.2, 0.25) is 0 Å². The lowest BCUT2D eigenvalue weighted by molar-refractivity contribution is -0.216. The third-order valence-corrected chi connectivity index (χ3v) is 2.82. The molecule has 0 spiro atoms. The van der Waals surface area contributed by atoms with Gasteiger partial charge in [-0.1, -0.05) is 12.1 Å². The molecule has 0 N–H and O–H groups in total. The molecule has 8 heteroatoms. The molecule has 0 aliphatic heterocycles. The van der Waals surface area contributed by atoms with Crippen LogP contribution in [0.25, 0.3) is 0 Å². The van der Waals surface area contributed by atoms with Crippen LogP contribution in [0.5, 0.6) is 11.5 Å². The van der Waals surface area contributed by atoms with E-state index in [2.05, 4.69) is 4.74 Å². The van der Waals surface area contributed by atoms with Gasteiger partial charge < -0.3 is 14.2 Å². The highest BCUT2D eigenvalue weighted by atomic mass is 19.4. The van der Waals surface area contributed by atoms with E-state index in [0.29, 0.717) is 5.75 Å². The molecule has 0 saturated carbocycles. The molecule has 1 unspecified atom stereocenters. The van der Waals surface area contributed by atoms with E-state index in [9.17, 15) is 22.8 Å². The minimum Gasteiger partial charge on any atom is -0.493 e. The number of rotatable bonds is 7. The molecule has 1 rings (SSSR count).